The van der Waals surface area contributed by atoms with Crippen LogP contribution < -0.4 is 0 Å². The van der Waals surface area contributed by atoms with Gasteiger partial charge in [-0.15, -0.1) is 6.42 Å². The second-order valence-corrected chi connectivity index (χ2v) is 3.57. The second kappa shape index (κ2) is 3.51. The Morgan fingerprint density at radius 1 is 1.36 bits per heavy atom. The van der Waals surface area contributed by atoms with Gasteiger partial charge in [0.2, 0.25) is 0 Å². The Bertz CT molecular complexity index is 385. The van der Waals surface area contributed by atoms with Crippen molar-refractivity contribution in [2.75, 3.05) is 0 Å². The summed E-state index contributed by atoms with van der Waals surface area (Å²) < 4.78 is 0. The lowest BCUT2D eigenvalue weighted by atomic mass is 9.86. The Morgan fingerprint density at radius 3 is 2.21 bits per heavy atom. The predicted octanol–water partition coefficient (Wildman–Crippen LogP) is 2.51. The van der Waals surface area contributed by atoms with Crippen LogP contribution in [0.25, 0.3) is 0 Å². The molecule has 3 nitrogen and oxygen atoms in total. The summed E-state index contributed by atoms with van der Waals surface area (Å²) >= 11 is 0. The predicted molar refractivity (Wildman–Crippen MR) is 55.0 cm³/mol. The molecule has 0 spiro atoms. The Balaban J connectivity index is 3.07. The van der Waals surface area contributed by atoms with Gasteiger partial charge in [-0.3, -0.25) is 10.1 Å². The lowest BCUT2D eigenvalue weighted by Crippen LogP contribution is -2.13. The molecule has 0 aliphatic heterocycles. The number of hydrogen-bond acceptors (Lipinski definition) is 2. The molecule has 0 atom stereocenters. The van der Waals surface area contributed by atoms with E-state index in [4.69, 9.17) is 6.42 Å². The van der Waals surface area contributed by atoms with Gasteiger partial charge < -0.3 is 0 Å². The van der Waals surface area contributed by atoms with E-state index in [9.17, 15) is 10.1 Å². The topological polar surface area (TPSA) is 43.1 Å². The van der Waals surface area contributed by atoms with Crippen molar-refractivity contribution in [3.63, 3.8) is 0 Å². The van der Waals surface area contributed by atoms with Gasteiger partial charge >= 0.3 is 0 Å². The molecule has 1 aromatic carbocycles. The number of nitro groups is 1. The zero-order chi connectivity index (χ0) is 10.8. The highest BCUT2D eigenvalue weighted by Gasteiger charge is 2.17. The van der Waals surface area contributed by atoms with Crippen LogP contribution in [0.4, 0.5) is 5.69 Å². The number of hydrogen-bond donors (Lipinski definition) is 0. The second-order valence-electron chi connectivity index (χ2n) is 3.57. The molecule has 0 fully saturated rings. The summed E-state index contributed by atoms with van der Waals surface area (Å²) in [6.45, 7) is 3.79. The summed E-state index contributed by atoms with van der Waals surface area (Å²) in [4.78, 5) is 9.97. The molecule has 0 radical (unpaired) electrons. The van der Waals surface area contributed by atoms with Crippen molar-refractivity contribution in [2.45, 2.75) is 19.3 Å². The molecule has 0 aliphatic carbocycles. The Morgan fingerprint density at radius 2 is 1.86 bits per heavy atom. The summed E-state index contributed by atoms with van der Waals surface area (Å²) in [6, 6.07) is 6.32. The molecule has 3 heteroatoms. The summed E-state index contributed by atoms with van der Waals surface area (Å²) in [5, 5.41) is 10.4. The number of nitrogens with zero attached hydrogens (tertiary/aromatic N) is 1. The lowest BCUT2D eigenvalue weighted by molar-refractivity contribution is -0.384. The highest BCUT2D eigenvalue weighted by atomic mass is 16.6. The van der Waals surface area contributed by atoms with Crippen molar-refractivity contribution >= 4 is 5.69 Å². The summed E-state index contributed by atoms with van der Waals surface area (Å²) in [7, 11) is 0. The largest absolute Gasteiger partial charge is 0.269 e. The van der Waals surface area contributed by atoms with Crippen molar-refractivity contribution in [1.82, 2.24) is 0 Å². The van der Waals surface area contributed by atoms with Crippen LogP contribution in [-0.2, 0) is 5.41 Å². The van der Waals surface area contributed by atoms with E-state index in [0.717, 1.165) is 5.56 Å². The van der Waals surface area contributed by atoms with Gasteiger partial charge in [-0.25, -0.2) is 0 Å². The van der Waals surface area contributed by atoms with Crippen LogP contribution in [0.3, 0.4) is 0 Å². The molecule has 0 aromatic heterocycles. The molecule has 14 heavy (non-hydrogen) atoms. The van der Waals surface area contributed by atoms with E-state index in [2.05, 4.69) is 5.92 Å². The molecule has 1 aromatic rings. The quantitative estimate of drug-likeness (QED) is 0.407. The van der Waals surface area contributed by atoms with Gasteiger partial charge in [0.25, 0.3) is 5.69 Å². The molecular formula is C11H11NO2. The van der Waals surface area contributed by atoms with Gasteiger partial charge in [0.05, 0.1) is 10.3 Å². The fourth-order valence-corrected chi connectivity index (χ4v) is 1.08. The van der Waals surface area contributed by atoms with E-state index in [1.807, 2.05) is 13.8 Å². The Kier molecular flexibility index (Phi) is 2.57. The summed E-state index contributed by atoms with van der Waals surface area (Å²) in [5.41, 5.74) is 0.613. The van der Waals surface area contributed by atoms with Crippen molar-refractivity contribution in [3.05, 3.63) is 39.9 Å². The van der Waals surface area contributed by atoms with E-state index >= 15 is 0 Å². The van der Waals surface area contributed by atoms with Crippen LogP contribution >= 0.6 is 0 Å². The molecule has 72 valence electrons. The first-order chi connectivity index (χ1) is 6.47. The standard InChI is InChI=1S/C11H11NO2/c1-4-11(2,3)9-5-7-10(8-6-9)12(13)14/h1,5-8H,2-3H3. The number of non-ortho nitro benzene ring substituents is 1. The van der Waals surface area contributed by atoms with E-state index in [1.54, 1.807) is 12.1 Å². The maximum Gasteiger partial charge on any atom is 0.269 e. The van der Waals surface area contributed by atoms with E-state index in [0.29, 0.717) is 0 Å². The van der Waals surface area contributed by atoms with E-state index in [1.165, 1.54) is 12.1 Å². The first-order valence-electron chi connectivity index (χ1n) is 4.20. The molecule has 0 aliphatic rings. The number of terminal acetylenes is 1. The summed E-state index contributed by atoms with van der Waals surface area (Å²) in [5.74, 6) is 2.64. The molecule has 0 bridgehead atoms. The average Bonchev–Trinajstić information content (AvgIpc) is 2.18. The van der Waals surface area contributed by atoms with Crippen LogP contribution in [0, 0.1) is 22.5 Å². The zero-order valence-electron chi connectivity index (χ0n) is 8.15. The van der Waals surface area contributed by atoms with Crippen LogP contribution in [-0.4, -0.2) is 4.92 Å². The fourth-order valence-electron chi connectivity index (χ4n) is 1.08. The van der Waals surface area contributed by atoms with Gasteiger partial charge in [-0.2, -0.15) is 0 Å². The van der Waals surface area contributed by atoms with Crippen LogP contribution in [0.5, 0.6) is 0 Å². The fraction of sp³-hybridized carbons (Fsp3) is 0.273. The summed E-state index contributed by atoms with van der Waals surface area (Å²) in [6.07, 6.45) is 5.35. The molecule has 0 unspecified atom stereocenters. The SMILES string of the molecule is C#CC(C)(C)c1ccc([N+](=O)[O-])cc1. The van der Waals surface area contributed by atoms with Crippen LogP contribution in [0.1, 0.15) is 19.4 Å². The monoisotopic (exact) mass is 189 g/mol. The molecule has 0 saturated heterocycles. The third-order valence-electron chi connectivity index (χ3n) is 2.16. The van der Waals surface area contributed by atoms with E-state index in [-0.39, 0.29) is 11.1 Å². The number of benzene rings is 1. The van der Waals surface area contributed by atoms with Crippen molar-refractivity contribution in [1.29, 1.82) is 0 Å². The lowest BCUT2D eigenvalue weighted by Gasteiger charge is -2.17. The Labute approximate surface area is 82.9 Å². The normalized spacial score (nSPS) is 10.6. The smallest absolute Gasteiger partial charge is 0.258 e. The maximum absolute atomic E-state index is 10.4. The minimum atomic E-state index is -0.424. The van der Waals surface area contributed by atoms with Crippen molar-refractivity contribution in [3.8, 4) is 12.3 Å². The maximum atomic E-state index is 10.4. The van der Waals surface area contributed by atoms with Crippen LogP contribution in [0.15, 0.2) is 24.3 Å². The molecule has 1 rings (SSSR count). The average molecular weight is 189 g/mol. The first kappa shape index (κ1) is 10.3. The zero-order valence-corrected chi connectivity index (χ0v) is 8.15. The van der Waals surface area contributed by atoms with Crippen molar-refractivity contribution in [2.24, 2.45) is 0 Å². The van der Waals surface area contributed by atoms with Gasteiger partial charge in [0.15, 0.2) is 0 Å². The molecular weight excluding hydrogens is 178 g/mol. The first-order valence-corrected chi connectivity index (χ1v) is 4.20. The minimum Gasteiger partial charge on any atom is -0.258 e. The van der Waals surface area contributed by atoms with Crippen LogP contribution in [0.2, 0.25) is 0 Å². The van der Waals surface area contributed by atoms with Gasteiger partial charge in [0.1, 0.15) is 0 Å². The Hall–Kier alpha value is -1.82. The minimum absolute atomic E-state index is 0.0848. The van der Waals surface area contributed by atoms with Gasteiger partial charge in [-0.05, 0) is 19.4 Å². The molecule has 0 amide bonds. The molecule has 0 heterocycles. The van der Waals surface area contributed by atoms with E-state index < -0.39 is 4.92 Å². The molecule has 0 saturated carbocycles. The van der Waals surface area contributed by atoms with Gasteiger partial charge in [-0.1, -0.05) is 18.1 Å². The highest BCUT2D eigenvalue weighted by molar-refractivity contribution is 5.39. The number of nitro benzene ring substituents is 1. The molecule has 0 N–H and O–H groups in total. The third-order valence-corrected chi connectivity index (χ3v) is 2.16. The number of rotatable bonds is 2. The third kappa shape index (κ3) is 1.91. The van der Waals surface area contributed by atoms with Gasteiger partial charge in [0, 0.05) is 12.1 Å². The highest BCUT2D eigenvalue weighted by Crippen LogP contribution is 2.23. The van der Waals surface area contributed by atoms with Crippen molar-refractivity contribution < 1.29 is 4.92 Å².